The number of nitrogens with zero attached hydrogens (tertiary/aromatic N) is 3. The summed E-state index contributed by atoms with van der Waals surface area (Å²) in [6.45, 7) is 2.27. The number of benzene rings is 1. The first-order chi connectivity index (χ1) is 13.3. The number of ether oxygens (including phenoxy) is 1. The van der Waals surface area contributed by atoms with Crippen LogP contribution in [0.25, 0.3) is 11.1 Å². The fourth-order valence-corrected chi connectivity index (χ4v) is 4.25. The molecule has 1 aliphatic rings. The lowest BCUT2D eigenvalue weighted by Crippen LogP contribution is -2.31. The van der Waals surface area contributed by atoms with Crippen LogP contribution in [0.5, 0.6) is 5.75 Å². The van der Waals surface area contributed by atoms with Gasteiger partial charge in [0.2, 0.25) is 0 Å². The minimum absolute atomic E-state index is 0.0360. The SMILES string of the molecule is Cc1c(S(=O)(=O)NC(=O)c2cncc(-c3ccc4c(c3)CCO4)c2)cnn1C. The molecular weight excluding hydrogens is 380 g/mol. The van der Waals surface area contributed by atoms with Gasteiger partial charge in [-0.25, -0.2) is 13.1 Å². The van der Waals surface area contributed by atoms with E-state index in [0.717, 1.165) is 28.9 Å². The summed E-state index contributed by atoms with van der Waals surface area (Å²) in [6, 6.07) is 7.39. The molecule has 1 aliphatic heterocycles. The van der Waals surface area contributed by atoms with Gasteiger partial charge in [-0.2, -0.15) is 5.10 Å². The molecule has 1 amide bonds. The fourth-order valence-electron chi connectivity index (χ4n) is 3.07. The van der Waals surface area contributed by atoms with Gasteiger partial charge in [0.25, 0.3) is 15.9 Å². The van der Waals surface area contributed by atoms with E-state index < -0.39 is 15.9 Å². The van der Waals surface area contributed by atoms with Crippen LogP contribution < -0.4 is 9.46 Å². The summed E-state index contributed by atoms with van der Waals surface area (Å²) in [7, 11) is -2.40. The minimum atomic E-state index is -4.03. The highest BCUT2D eigenvalue weighted by Gasteiger charge is 2.23. The lowest BCUT2D eigenvalue weighted by Gasteiger charge is -2.08. The van der Waals surface area contributed by atoms with Gasteiger partial charge in [-0.3, -0.25) is 14.5 Å². The quantitative estimate of drug-likeness (QED) is 0.719. The van der Waals surface area contributed by atoms with Crippen LogP contribution >= 0.6 is 0 Å². The molecule has 0 saturated carbocycles. The number of pyridine rings is 1. The van der Waals surface area contributed by atoms with E-state index in [9.17, 15) is 13.2 Å². The number of amides is 1. The molecule has 144 valence electrons. The van der Waals surface area contributed by atoms with Crippen molar-refractivity contribution in [2.75, 3.05) is 6.61 Å². The third-order valence-electron chi connectivity index (χ3n) is 4.73. The number of carbonyl (C=O) groups excluding carboxylic acids is 1. The van der Waals surface area contributed by atoms with Gasteiger partial charge in [-0.15, -0.1) is 0 Å². The highest BCUT2D eigenvalue weighted by molar-refractivity contribution is 7.90. The molecule has 8 nitrogen and oxygen atoms in total. The largest absolute Gasteiger partial charge is 0.493 e. The predicted octanol–water partition coefficient (Wildman–Crippen LogP) is 1.84. The topological polar surface area (TPSA) is 103 Å². The van der Waals surface area contributed by atoms with E-state index in [0.29, 0.717) is 12.3 Å². The first-order valence-electron chi connectivity index (χ1n) is 8.62. The Morgan fingerprint density at radius 2 is 2.00 bits per heavy atom. The maximum atomic E-state index is 12.5. The molecule has 0 unspecified atom stereocenters. The zero-order valence-electron chi connectivity index (χ0n) is 15.3. The van der Waals surface area contributed by atoms with E-state index in [2.05, 4.69) is 14.8 Å². The lowest BCUT2D eigenvalue weighted by atomic mass is 10.0. The molecule has 0 atom stereocenters. The number of rotatable bonds is 4. The number of sulfonamides is 1. The van der Waals surface area contributed by atoms with Crippen LogP contribution in [0.3, 0.4) is 0 Å². The van der Waals surface area contributed by atoms with Crippen LogP contribution in [0.15, 0.2) is 47.8 Å². The predicted molar refractivity (Wildman–Crippen MR) is 101 cm³/mol. The van der Waals surface area contributed by atoms with Crippen LogP contribution in [-0.2, 0) is 23.5 Å². The number of hydrogen-bond donors (Lipinski definition) is 1. The normalized spacial score (nSPS) is 13.1. The van der Waals surface area contributed by atoms with Crippen molar-refractivity contribution in [1.29, 1.82) is 0 Å². The van der Waals surface area contributed by atoms with Crippen molar-refractivity contribution in [2.24, 2.45) is 7.05 Å². The molecule has 4 rings (SSSR count). The van der Waals surface area contributed by atoms with Crippen molar-refractivity contribution in [2.45, 2.75) is 18.2 Å². The van der Waals surface area contributed by atoms with Crippen LogP contribution in [-0.4, -0.2) is 35.7 Å². The van der Waals surface area contributed by atoms with Gasteiger partial charge in [-0.1, -0.05) is 6.07 Å². The Bertz CT molecular complexity index is 1180. The van der Waals surface area contributed by atoms with Crippen molar-refractivity contribution in [3.63, 3.8) is 0 Å². The fraction of sp³-hybridized carbons (Fsp3) is 0.211. The molecule has 0 saturated heterocycles. The number of nitrogens with one attached hydrogen (secondary N) is 1. The standard InChI is InChI=1S/C19H18N4O4S/c1-12-18(11-21-23(12)2)28(25,26)22-19(24)16-8-15(9-20-10-16)13-3-4-17-14(7-13)5-6-27-17/h3-4,7-11H,5-6H2,1-2H3,(H,22,24). The second-order valence-corrected chi connectivity index (χ2v) is 8.19. The Balaban J connectivity index is 1.61. The number of aryl methyl sites for hydroxylation is 1. The molecule has 3 heterocycles. The molecule has 1 aromatic carbocycles. The van der Waals surface area contributed by atoms with E-state index in [1.807, 2.05) is 18.2 Å². The average molecular weight is 398 g/mol. The highest BCUT2D eigenvalue weighted by atomic mass is 32.2. The van der Waals surface area contributed by atoms with E-state index >= 15 is 0 Å². The number of fused-ring (bicyclic) bond motifs is 1. The summed E-state index contributed by atoms with van der Waals surface area (Å²) in [6.07, 6.45) is 5.01. The van der Waals surface area contributed by atoms with Gasteiger partial charge < -0.3 is 4.74 Å². The summed E-state index contributed by atoms with van der Waals surface area (Å²) in [4.78, 5) is 16.6. The van der Waals surface area contributed by atoms with Crippen molar-refractivity contribution in [3.05, 3.63) is 59.7 Å². The van der Waals surface area contributed by atoms with Crippen molar-refractivity contribution < 1.29 is 17.9 Å². The summed E-state index contributed by atoms with van der Waals surface area (Å²) in [5.74, 6) is 0.116. The molecule has 0 radical (unpaired) electrons. The molecule has 1 N–H and O–H groups in total. The van der Waals surface area contributed by atoms with Crippen molar-refractivity contribution in [3.8, 4) is 16.9 Å². The van der Waals surface area contributed by atoms with E-state index in [4.69, 9.17) is 4.74 Å². The molecule has 2 aromatic heterocycles. The van der Waals surface area contributed by atoms with Gasteiger partial charge in [0.1, 0.15) is 10.6 Å². The van der Waals surface area contributed by atoms with E-state index in [1.165, 1.54) is 17.1 Å². The Labute approximate surface area is 162 Å². The third-order valence-corrected chi connectivity index (χ3v) is 6.16. The molecule has 0 fully saturated rings. The first kappa shape index (κ1) is 18.2. The van der Waals surface area contributed by atoms with Crippen molar-refractivity contribution >= 4 is 15.9 Å². The van der Waals surface area contributed by atoms with Gasteiger partial charge in [0.15, 0.2) is 0 Å². The third kappa shape index (κ3) is 3.24. The number of aromatic nitrogens is 3. The molecular formula is C19H18N4O4S. The van der Waals surface area contributed by atoms with Crippen LogP contribution in [0, 0.1) is 6.92 Å². The second kappa shape index (κ2) is 6.75. The van der Waals surface area contributed by atoms with Gasteiger partial charge in [0, 0.05) is 31.4 Å². The number of hydrogen-bond acceptors (Lipinski definition) is 6. The zero-order valence-corrected chi connectivity index (χ0v) is 16.2. The average Bonchev–Trinajstić information content (AvgIpc) is 3.28. The van der Waals surface area contributed by atoms with Gasteiger partial charge >= 0.3 is 0 Å². The Morgan fingerprint density at radius 1 is 1.18 bits per heavy atom. The second-order valence-electron chi connectivity index (χ2n) is 6.54. The monoisotopic (exact) mass is 398 g/mol. The van der Waals surface area contributed by atoms with E-state index in [-0.39, 0.29) is 10.5 Å². The first-order valence-corrected chi connectivity index (χ1v) is 10.1. The molecule has 3 aromatic rings. The van der Waals surface area contributed by atoms with Gasteiger partial charge in [0.05, 0.1) is 24.1 Å². The molecule has 0 aliphatic carbocycles. The van der Waals surface area contributed by atoms with E-state index in [1.54, 1.807) is 26.2 Å². The van der Waals surface area contributed by atoms with Crippen LogP contribution in [0.1, 0.15) is 21.6 Å². The Kier molecular flexibility index (Phi) is 4.38. The molecule has 0 spiro atoms. The minimum Gasteiger partial charge on any atom is -0.493 e. The summed E-state index contributed by atoms with van der Waals surface area (Å²) in [5.41, 5.74) is 3.29. The lowest BCUT2D eigenvalue weighted by molar-refractivity contribution is 0.0981. The summed E-state index contributed by atoms with van der Waals surface area (Å²) >= 11 is 0. The van der Waals surface area contributed by atoms with Gasteiger partial charge in [-0.05, 0) is 36.2 Å². The maximum absolute atomic E-state index is 12.5. The molecule has 0 bridgehead atoms. The summed E-state index contributed by atoms with van der Waals surface area (Å²) < 4.78 is 34.0. The summed E-state index contributed by atoms with van der Waals surface area (Å²) in [5, 5.41) is 3.91. The Morgan fingerprint density at radius 3 is 2.75 bits per heavy atom. The number of carbonyl (C=O) groups is 1. The highest BCUT2D eigenvalue weighted by Crippen LogP contribution is 2.30. The van der Waals surface area contributed by atoms with Crippen molar-refractivity contribution in [1.82, 2.24) is 19.5 Å². The Hall–Kier alpha value is -3.20. The molecule has 28 heavy (non-hydrogen) atoms. The maximum Gasteiger partial charge on any atom is 0.267 e. The smallest absolute Gasteiger partial charge is 0.267 e. The molecule has 9 heteroatoms. The van der Waals surface area contributed by atoms with Crippen LogP contribution in [0.4, 0.5) is 0 Å². The van der Waals surface area contributed by atoms with Crippen LogP contribution in [0.2, 0.25) is 0 Å². The zero-order chi connectivity index (χ0) is 19.9.